The van der Waals surface area contributed by atoms with Crippen molar-refractivity contribution in [3.05, 3.63) is 41.6 Å². The van der Waals surface area contributed by atoms with Gasteiger partial charge in [-0.1, -0.05) is 37.5 Å². The third-order valence-electron chi connectivity index (χ3n) is 6.35. The second-order valence-electron chi connectivity index (χ2n) is 10.3. The van der Waals surface area contributed by atoms with Crippen molar-refractivity contribution in [2.24, 2.45) is 0 Å². The summed E-state index contributed by atoms with van der Waals surface area (Å²) in [6, 6.07) is 7.33. The second kappa shape index (κ2) is 11.3. The van der Waals surface area contributed by atoms with Gasteiger partial charge in [0.05, 0.1) is 18.7 Å². The van der Waals surface area contributed by atoms with Gasteiger partial charge in [-0.25, -0.2) is 14.4 Å². The number of hydrogen-bond donors (Lipinski definition) is 1. The smallest absolute Gasteiger partial charge is 0.419 e. The first-order valence-electron chi connectivity index (χ1n) is 13.3. The summed E-state index contributed by atoms with van der Waals surface area (Å²) in [4.78, 5) is 39.6. The molecule has 0 spiro atoms. The lowest BCUT2D eigenvalue weighted by atomic mass is 9.95. The Morgan fingerprint density at radius 3 is 2.24 bits per heavy atom. The fourth-order valence-electron chi connectivity index (χ4n) is 4.77. The van der Waals surface area contributed by atoms with Crippen LogP contribution in [0.25, 0.3) is 22.2 Å². The summed E-state index contributed by atoms with van der Waals surface area (Å²) >= 11 is 0. The molecule has 2 heterocycles. The molecular weight excluding hydrogens is 488 g/mol. The summed E-state index contributed by atoms with van der Waals surface area (Å²) in [5.74, 6) is -1.09. The zero-order valence-corrected chi connectivity index (χ0v) is 22.7. The van der Waals surface area contributed by atoms with Gasteiger partial charge in [0.1, 0.15) is 16.7 Å². The zero-order valence-electron chi connectivity index (χ0n) is 22.7. The number of esters is 2. The molecule has 9 nitrogen and oxygen atoms in total. The highest BCUT2D eigenvalue weighted by Gasteiger charge is 2.35. The number of benzene rings is 1. The van der Waals surface area contributed by atoms with E-state index in [1.807, 2.05) is 18.2 Å². The molecule has 0 aliphatic heterocycles. The van der Waals surface area contributed by atoms with E-state index in [1.165, 1.54) is 4.57 Å². The Morgan fingerprint density at radius 1 is 0.974 bits per heavy atom. The molecule has 3 aromatic rings. The molecule has 0 atom stereocenters. The van der Waals surface area contributed by atoms with Crippen molar-refractivity contribution < 1.29 is 33.0 Å². The molecule has 2 aromatic heterocycles. The van der Waals surface area contributed by atoms with Gasteiger partial charge in [-0.3, -0.25) is 4.57 Å². The van der Waals surface area contributed by atoms with Gasteiger partial charge in [-0.2, -0.15) is 0 Å². The van der Waals surface area contributed by atoms with E-state index in [0.717, 1.165) is 32.1 Å². The highest BCUT2D eigenvalue weighted by Crippen LogP contribution is 2.41. The van der Waals surface area contributed by atoms with Crippen molar-refractivity contribution in [2.75, 3.05) is 18.5 Å². The van der Waals surface area contributed by atoms with E-state index in [2.05, 4.69) is 5.32 Å². The number of anilines is 1. The van der Waals surface area contributed by atoms with Gasteiger partial charge in [0.25, 0.3) is 0 Å². The zero-order chi connectivity index (χ0) is 27.4. The molecule has 0 radical (unpaired) electrons. The Kier molecular flexibility index (Phi) is 8.14. The van der Waals surface area contributed by atoms with E-state index >= 15 is 0 Å². The molecule has 0 amide bonds. The quantitative estimate of drug-likeness (QED) is 0.266. The van der Waals surface area contributed by atoms with Gasteiger partial charge in [-0.05, 0) is 53.5 Å². The first-order chi connectivity index (χ1) is 18.1. The van der Waals surface area contributed by atoms with Crippen LogP contribution in [0, 0.1) is 0 Å². The normalized spacial score (nSPS) is 14.3. The number of para-hydroxylation sites is 1. The molecule has 1 aliphatic rings. The molecule has 1 aliphatic carbocycles. The van der Waals surface area contributed by atoms with E-state index < -0.39 is 23.6 Å². The largest absolute Gasteiger partial charge is 0.462 e. The lowest BCUT2D eigenvalue weighted by molar-refractivity contribution is 0.0481. The number of fused-ring (bicyclic) bond motifs is 1. The fourth-order valence-corrected chi connectivity index (χ4v) is 4.77. The summed E-state index contributed by atoms with van der Waals surface area (Å²) in [7, 11) is 0. The minimum absolute atomic E-state index is 0.0000253. The van der Waals surface area contributed by atoms with Crippen molar-refractivity contribution in [3.63, 3.8) is 0 Å². The Morgan fingerprint density at radius 2 is 1.61 bits per heavy atom. The monoisotopic (exact) mass is 524 g/mol. The van der Waals surface area contributed by atoms with Gasteiger partial charge in [0.2, 0.25) is 5.88 Å². The first-order valence-corrected chi connectivity index (χ1v) is 13.3. The summed E-state index contributed by atoms with van der Waals surface area (Å²) in [6.07, 6.45) is 6.12. The molecule has 4 rings (SSSR count). The van der Waals surface area contributed by atoms with Gasteiger partial charge in [-0.15, -0.1) is 0 Å². The van der Waals surface area contributed by atoms with E-state index in [9.17, 15) is 14.4 Å². The van der Waals surface area contributed by atoms with E-state index in [4.69, 9.17) is 18.6 Å². The van der Waals surface area contributed by atoms with Gasteiger partial charge in [0, 0.05) is 23.2 Å². The molecule has 1 fully saturated rings. The van der Waals surface area contributed by atoms with E-state index in [-0.39, 0.29) is 42.0 Å². The predicted molar refractivity (Wildman–Crippen MR) is 144 cm³/mol. The number of hydrogen-bond acceptors (Lipinski definition) is 8. The second-order valence-corrected chi connectivity index (χ2v) is 10.3. The van der Waals surface area contributed by atoms with Crippen LogP contribution in [0.1, 0.15) is 87.4 Å². The van der Waals surface area contributed by atoms with Gasteiger partial charge < -0.3 is 23.9 Å². The van der Waals surface area contributed by atoms with Gasteiger partial charge in [0.15, 0.2) is 5.76 Å². The Hall–Kier alpha value is -3.75. The van der Waals surface area contributed by atoms with Gasteiger partial charge >= 0.3 is 18.0 Å². The average molecular weight is 525 g/mol. The predicted octanol–water partition coefficient (Wildman–Crippen LogP) is 6.78. The molecule has 1 aromatic carbocycles. The summed E-state index contributed by atoms with van der Waals surface area (Å²) in [5.41, 5.74) is 0.284. The summed E-state index contributed by atoms with van der Waals surface area (Å²) < 4.78 is 24.0. The number of carbonyl (C=O) groups is 3. The van der Waals surface area contributed by atoms with Crippen LogP contribution < -0.4 is 5.32 Å². The third-order valence-corrected chi connectivity index (χ3v) is 6.35. The Bertz CT molecular complexity index is 1320. The Labute approximate surface area is 222 Å². The molecule has 204 valence electrons. The van der Waals surface area contributed by atoms with Crippen molar-refractivity contribution in [1.29, 1.82) is 0 Å². The highest BCUT2D eigenvalue weighted by atomic mass is 16.6. The topological polar surface area (TPSA) is 109 Å². The van der Waals surface area contributed by atoms with Crippen molar-refractivity contribution in [2.45, 2.75) is 78.4 Å². The number of carbonyl (C=O) groups excluding carboxylic acids is 3. The minimum atomic E-state index is -0.711. The molecule has 38 heavy (non-hydrogen) atoms. The van der Waals surface area contributed by atoms with Crippen molar-refractivity contribution in [3.8, 4) is 11.3 Å². The standard InChI is InChI=1S/C29H36N2O7/c1-6-35-26(32)22-23(27(33)36-7-2)25(30-18-13-9-8-10-14-18)37-24(22)20-17-31(28(34)38-29(3,4)5)21-16-12-11-15-19(20)21/h11-12,15-18,30H,6-10,13-14H2,1-5H3. The van der Waals surface area contributed by atoms with Crippen molar-refractivity contribution in [1.82, 2.24) is 4.57 Å². The molecule has 1 saturated carbocycles. The van der Waals surface area contributed by atoms with Crippen LogP contribution in [0.4, 0.5) is 10.7 Å². The molecule has 9 heteroatoms. The number of ether oxygens (including phenoxy) is 3. The maximum absolute atomic E-state index is 13.3. The van der Waals surface area contributed by atoms with Crippen LogP contribution >= 0.6 is 0 Å². The Balaban J connectivity index is 1.94. The van der Waals surface area contributed by atoms with E-state index in [0.29, 0.717) is 16.5 Å². The maximum atomic E-state index is 13.3. The molecule has 0 bridgehead atoms. The number of rotatable bonds is 7. The lowest BCUT2D eigenvalue weighted by Crippen LogP contribution is -2.26. The SMILES string of the molecule is CCOC(=O)c1c(NC2CCCCC2)oc(-c2cn(C(=O)OC(C)(C)C)c3ccccc23)c1C(=O)OCC. The lowest BCUT2D eigenvalue weighted by Gasteiger charge is -2.22. The van der Waals surface area contributed by atoms with Crippen LogP contribution in [0.15, 0.2) is 34.9 Å². The summed E-state index contributed by atoms with van der Waals surface area (Å²) in [5, 5.41) is 4.00. The third kappa shape index (κ3) is 5.71. The van der Waals surface area contributed by atoms with Crippen LogP contribution in [-0.4, -0.2) is 47.5 Å². The molecule has 0 unspecified atom stereocenters. The highest BCUT2D eigenvalue weighted by molar-refractivity contribution is 6.12. The average Bonchev–Trinajstić information content (AvgIpc) is 3.43. The number of nitrogens with zero attached hydrogens (tertiary/aromatic N) is 1. The molecular formula is C29H36N2O7. The minimum Gasteiger partial charge on any atom is -0.462 e. The van der Waals surface area contributed by atoms with Crippen LogP contribution in [0.3, 0.4) is 0 Å². The maximum Gasteiger partial charge on any atom is 0.419 e. The summed E-state index contributed by atoms with van der Waals surface area (Å²) in [6.45, 7) is 9.00. The number of nitrogens with one attached hydrogen (secondary N) is 1. The number of aromatic nitrogens is 1. The van der Waals surface area contributed by atoms with Crippen LogP contribution in [0.2, 0.25) is 0 Å². The molecule has 1 N–H and O–H groups in total. The molecule has 0 saturated heterocycles. The van der Waals surface area contributed by atoms with E-state index in [1.54, 1.807) is 46.9 Å². The number of furan rings is 1. The van der Waals surface area contributed by atoms with Crippen molar-refractivity contribution >= 4 is 34.8 Å². The fraction of sp³-hybridized carbons (Fsp3) is 0.483. The van der Waals surface area contributed by atoms with Crippen LogP contribution in [0.5, 0.6) is 0 Å². The first kappa shape index (κ1) is 27.3. The van der Waals surface area contributed by atoms with Crippen LogP contribution in [-0.2, 0) is 14.2 Å².